The lowest BCUT2D eigenvalue weighted by molar-refractivity contribution is 0.633. The summed E-state index contributed by atoms with van der Waals surface area (Å²) in [6.07, 6.45) is 3.98. The summed E-state index contributed by atoms with van der Waals surface area (Å²) >= 11 is 6.02. The van der Waals surface area contributed by atoms with Gasteiger partial charge in [-0.3, -0.25) is 14.2 Å². The second-order valence-electron chi connectivity index (χ2n) is 3.92. The van der Waals surface area contributed by atoms with Crippen LogP contribution in [0.1, 0.15) is 13.3 Å². The van der Waals surface area contributed by atoms with Crippen molar-refractivity contribution >= 4 is 11.6 Å². The molecule has 2 rings (SSSR count). The highest BCUT2D eigenvalue weighted by Crippen LogP contribution is 2.17. The molecule has 0 unspecified atom stereocenters. The van der Waals surface area contributed by atoms with Gasteiger partial charge in [-0.1, -0.05) is 30.7 Å². The average molecular weight is 265 g/mol. The number of hydrogen-bond acceptors (Lipinski definition) is 2. The van der Waals surface area contributed by atoms with Gasteiger partial charge in [-0.05, 0) is 18.6 Å². The van der Waals surface area contributed by atoms with Crippen LogP contribution in [-0.4, -0.2) is 9.13 Å². The van der Waals surface area contributed by atoms with Crippen LogP contribution in [0, 0.1) is 0 Å². The third kappa shape index (κ3) is 2.24. The van der Waals surface area contributed by atoms with Crippen molar-refractivity contribution in [2.24, 2.45) is 0 Å². The SMILES string of the molecule is CCCn1ccn(-c2ccccc2Cl)c(=O)c1=O. The summed E-state index contributed by atoms with van der Waals surface area (Å²) < 4.78 is 2.69. The standard InChI is InChI=1S/C13H13ClN2O2/c1-2-7-15-8-9-16(13(18)12(15)17)11-6-4-3-5-10(11)14/h3-6,8-9H,2,7H2,1H3. The average Bonchev–Trinajstić information content (AvgIpc) is 2.37. The minimum Gasteiger partial charge on any atom is -0.309 e. The molecule has 0 fully saturated rings. The van der Waals surface area contributed by atoms with E-state index >= 15 is 0 Å². The number of rotatable bonds is 3. The molecule has 1 aromatic heterocycles. The normalized spacial score (nSPS) is 10.6. The Kier molecular flexibility index (Phi) is 3.67. The van der Waals surface area contributed by atoms with Crippen LogP contribution in [0.2, 0.25) is 5.02 Å². The van der Waals surface area contributed by atoms with Crippen molar-refractivity contribution in [2.45, 2.75) is 19.9 Å². The van der Waals surface area contributed by atoms with Crippen LogP contribution in [-0.2, 0) is 6.54 Å². The number of para-hydroxylation sites is 1. The predicted octanol–water partition coefficient (Wildman–Crippen LogP) is 2.06. The molecule has 0 amide bonds. The first-order chi connectivity index (χ1) is 8.65. The molecule has 0 saturated heterocycles. The maximum absolute atomic E-state index is 12.0. The lowest BCUT2D eigenvalue weighted by atomic mass is 10.3. The monoisotopic (exact) mass is 264 g/mol. The molecule has 0 N–H and O–H groups in total. The number of aryl methyl sites for hydroxylation is 1. The van der Waals surface area contributed by atoms with Crippen molar-refractivity contribution in [3.8, 4) is 5.69 Å². The van der Waals surface area contributed by atoms with Crippen molar-refractivity contribution in [3.63, 3.8) is 0 Å². The quantitative estimate of drug-likeness (QED) is 0.797. The van der Waals surface area contributed by atoms with Gasteiger partial charge in [0.1, 0.15) is 0 Å². The molecule has 0 radical (unpaired) electrons. The number of aromatic nitrogens is 2. The van der Waals surface area contributed by atoms with E-state index in [9.17, 15) is 9.59 Å². The Morgan fingerprint density at radius 1 is 1.11 bits per heavy atom. The van der Waals surface area contributed by atoms with Crippen molar-refractivity contribution in [2.75, 3.05) is 0 Å². The minimum absolute atomic E-state index is 0.437. The van der Waals surface area contributed by atoms with Crippen molar-refractivity contribution in [1.29, 1.82) is 0 Å². The lowest BCUT2D eigenvalue weighted by Gasteiger charge is -2.09. The lowest BCUT2D eigenvalue weighted by Crippen LogP contribution is -2.39. The van der Waals surface area contributed by atoms with E-state index < -0.39 is 11.1 Å². The van der Waals surface area contributed by atoms with E-state index in [2.05, 4.69) is 0 Å². The van der Waals surface area contributed by atoms with Gasteiger partial charge < -0.3 is 4.57 Å². The number of halogens is 1. The molecule has 5 heteroatoms. The highest BCUT2D eigenvalue weighted by molar-refractivity contribution is 6.32. The molecular weight excluding hydrogens is 252 g/mol. The summed E-state index contributed by atoms with van der Waals surface area (Å²) in [6, 6.07) is 6.93. The summed E-state index contributed by atoms with van der Waals surface area (Å²) in [6.45, 7) is 2.49. The zero-order valence-electron chi connectivity index (χ0n) is 9.97. The molecule has 0 aliphatic carbocycles. The fourth-order valence-electron chi connectivity index (χ4n) is 1.76. The zero-order valence-corrected chi connectivity index (χ0v) is 10.7. The molecule has 0 aliphatic rings. The molecule has 0 spiro atoms. The van der Waals surface area contributed by atoms with Crippen LogP contribution in [0.25, 0.3) is 5.69 Å². The third-order valence-corrected chi connectivity index (χ3v) is 2.95. The number of hydrogen-bond donors (Lipinski definition) is 0. The van der Waals surface area contributed by atoms with E-state index in [0.717, 1.165) is 6.42 Å². The van der Waals surface area contributed by atoms with Gasteiger partial charge >= 0.3 is 11.1 Å². The van der Waals surface area contributed by atoms with Crippen LogP contribution in [0.3, 0.4) is 0 Å². The largest absolute Gasteiger partial charge is 0.321 e. The Bertz CT molecular complexity index is 673. The minimum atomic E-state index is -0.584. The number of benzene rings is 1. The summed E-state index contributed by atoms with van der Waals surface area (Å²) in [5, 5.41) is 0.437. The molecule has 0 atom stereocenters. The highest BCUT2D eigenvalue weighted by Gasteiger charge is 2.08. The van der Waals surface area contributed by atoms with Gasteiger partial charge in [0.05, 0.1) is 10.7 Å². The van der Waals surface area contributed by atoms with Crippen LogP contribution >= 0.6 is 11.6 Å². The van der Waals surface area contributed by atoms with Gasteiger partial charge in [0.25, 0.3) is 0 Å². The fourth-order valence-corrected chi connectivity index (χ4v) is 1.99. The van der Waals surface area contributed by atoms with E-state index in [0.29, 0.717) is 17.3 Å². The fraction of sp³-hybridized carbons (Fsp3) is 0.231. The molecule has 94 valence electrons. The summed E-state index contributed by atoms with van der Waals surface area (Å²) in [4.78, 5) is 23.8. The molecule has 4 nitrogen and oxygen atoms in total. The second kappa shape index (κ2) is 5.23. The molecule has 2 aromatic rings. The first-order valence-electron chi connectivity index (χ1n) is 5.72. The Morgan fingerprint density at radius 3 is 2.50 bits per heavy atom. The van der Waals surface area contributed by atoms with E-state index in [-0.39, 0.29) is 0 Å². The smallest absolute Gasteiger partial charge is 0.309 e. The zero-order chi connectivity index (χ0) is 13.1. The first-order valence-corrected chi connectivity index (χ1v) is 6.10. The maximum Gasteiger partial charge on any atom is 0.321 e. The van der Waals surface area contributed by atoms with Gasteiger partial charge in [-0.2, -0.15) is 0 Å². The molecule has 0 aliphatic heterocycles. The van der Waals surface area contributed by atoms with Crippen molar-refractivity contribution in [1.82, 2.24) is 9.13 Å². The first kappa shape index (κ1) is 12.6. The molecule has 18 heavy (non-hydrogen) atoms. The van der Waals surface area contributed by atoms with Gasteiger partial charge in [-0.25, -0.2) is 0 Å². The predicted molar refractivity (Wildman–Crippen MR) is 71.6 cm³/mol. The van der Waals surface area contributed by atoms with E-state index in [1.165, 1.54) is 9.13 Å². The summed E-state index contributed by atoms with van der Waals surface area (Å²) in [7, 11) is 0. The van der Waals surface area contributed by atoms with Gasteiger partial charge in [0.2, 0.25) is 0 Å². The maximum atomic E-state index is 12.0. The summed E-state index contributed by atoms with van der Waals surface area (Å²) in [5.74, 6) is 0. The molecule has 0 saturated carbocycles. The van der Waals surface area contributed by atoms with Crippen LogP contribution in [0.4, 0.5) is 0 Å². The Labute approximate surface area is 109 Å². The van der Waals surface area contributed by atoms with E-state index in [1.807, 2.05) is 6.92 Å². The van der Waals surface area contributed by atoms with E-state index in [4.69, 9.17) is 11.6 Å². The van der Waals surface area contributed by atoms with Crippen LogP contribution in [0.15, 0.2) is 46.2 Å². The van der Waals surface area contributed by atoms with Crippen LogP contribution < -0.4 is 11.1 Å². The molecular formula is C13H13ClN2O2. The Hall–Kier alpha value is -1.81. The third-order valence-electron chi connectivity index (χ3n) is 2.63. The van der Waals surface area contributed by atoms with Gasteiger partial charge in [0.15, 0.2) is 0 Å². The van der Waals surface area contributed by atoms with Gasteiger partial charge in [-0.15, -0.1) is 0 Å². The highest BCUT2D eigenvalue weighted by atomic mass is 35.5. The molecule has 0 bridgehead atoms. The molecule has 1 heterocycles. The van der Waals surface area contributed by atoms with Crippen molar-refractivity contribution < 1.29 is 0 Å². The van der Waals surface area contributed by atoms with Crippen molar-refractivity contribution in [3.05, 3.63) is 62.4 Å². The van der Waals surface area contributed by atoms with E-state index in [1.54, 1.807) is 36.7 Å². The van der Waals surface area contributed by atoms with Gasteiger partial charge in [0, 0.05) is 18.9 Å². The Balaban J connectivity index is 2.62. The second-order valence-corrected chi connectivity index (χ2v) is 4.33. The summed E-state index contributed by atoms with van der Waals surface area (Å²) in [5.41, 5.74) is -0.594. The Morgan fingerprint density at radius 2 is 1.83 bits per heavy atom. The van der Waals surface area contributed by atoms with Crippen LogP contribution in [0.5, 0.6) is 0 Å². The topological polar surface area (TPSA) is 44.0 Å². The molecule has 1 aromatic carbocycles. The number of nitrogens with zero attached hydrogens (tertiary/aromatic N) is 2.